The predicted octanol–water partition coefficient (Wildman–Crippen LogP) is 4.71. The van der Waals surface area contributed by atoms with Crippen molar-refractivity contribution in [2.75, 3.05) is 7.11 Å². The Kier molecular flexibility index (Phi) is 3.73. The van der Waals surface area contributed by atoms with Gasteiger partial charge in [-0.1, -0.05) is 18.2 Å². The maximum Gasteiger partial charge on any atom is 0.349 e. The number of carbonyl (C=O) groups is 1. The van der Waals surface area contributed by atoms with Crippen molar-refractivity contribution in [3.05, 3.63) is 52.9 Å². The molecule has 22 heavy (non-hydrogen) atoms. The van der Waals surface area contributed by atoms with Crippen LogP contribution in [0.1, 0.15) is 15.2 Å². The number of para-hydroxylation sites is 1. The van der Waals surface area contributed by atoms with Crippen molar-refractivity contribution >= 4 is 27.4 Å². The predicted molar refractivity (Wildman–Crippen MR) is 86.6 cm³/mol. The van der Waals surface area contributed by atoms with Gasteiger partial charge in [0.15, 0.2) is 10.6 Å². The standard InChI is InChI=1S/C17H14O4S/c1-10-8-14-12(9-13(10)20-2)15(16(22-14)17(18)19)21-11-6-4-3-5-7-11/h3-9H,1-2H3,(H,18,19). The summed E-state index contributed by atoms with van der Waals surface area (Å²) >= 11 is 1.20. The summed E-state index contributed by atoms with van der Waals surface area (Å²) in [7, 11) is 1.59. The molecule has 0 bridgehead atoms. The zero-order chi connectivity index (χ0) is 15.7. The van der Waals surface area contributed by atoms with Crippen LogP contribution in [0.3, 0.4) is 0 Å². The zero-order valence-corrected chi connectivity index (χ0v) is 12.9. The third-order valence-electron chi connectivity index (χ3n) is 3.32. The summed E-state index contributed by atoms with van der Waals surface area (Å²) in [6.07, 6.45) is 0. The van der Waals surface area contributed by atoms with E-state index in [0.717, 1.165) is 15.6 Å². The van der Waals surface area contributed by atoms with E-state index in [0.29, 0.717) is 17.2 Å². The molecule has 2 aromatic carbocycles. The summed E-state index contributed by atoms with van der Waals surface area (Å²) in [5, 5.41) is 10.2. The number of ether oxygens (including phenoxy) is 2. The van der Waals surface area contributed by atoms with Gasteiger partial charge in [-0.2, -0.15) is 0 Å². The molecule has 0 spiro atoms. The Labute approximate surface area is 131 Å². The van der Waals surface area contributed by atoms with Gasteiger partial charge in [-0.3, -0.25) is 0 Å². The molecule has 0 atom stereocenters. The number of carboxylic acids is 1. The fourth-order valence-electron chi connectivity index (χ4n) is 2.27. The number of aromatic carboxylic acids is 1. The van der Waals surface area contributed by atoms with Crippen molar-refractivity contribution in [3.63, 3.8) is 0 Å². The minimum Gasteiger partial charge on any atom is -0.496 e. The van der Waals surface area contributed by atoms with E-state index in [1.807, 2.05) is 37.3 Å². The smallest absolute Gasteiger partial charge is 0.349 e. The van der Waals surface area contributed by atoms with Crippen LogP contribution in [0.2, 0.25) is 0 Å². The molecule has 1 N–H and O–H groups in total. The molecule has 4 nitrogen and oxygen atoms in total. The van der Waals surface area contributed by atoms with Crippen LogP contribution in [0, 0.1) is 6.92 Å². The normalized spacial score (nSPS) is 10.6. The Morgan fingerprint density at radius 3 is 2.55 bits per heavy atom. The lowest BCUT2D eigenvalue weighted by molar-refractivity contribution is 0.0700. The SMILES string of the molecule is COc1cc2c(Oc3ccccc3)c(C(=O)O)sc2cc1C. The van der Waals surface area contributed by atoms with Crippen LogP contribution in [0.25, 0.3) is 10.1 Å². The van der Waals surface area contributed by atoms with Gasteiger partial charge in [0.25, 0.3) is 0 Å². The van der Waals surface area contributed by atoms with E-state index >= 15 is 0 Å². The van der Waals surface area contributed by atoms with E-state index in [2.05, 4.69) is 0 Å². The Balaban J connectivity index is 2.20. The third kappa shape index (κ3) is 2.51. The molecule has 3 rings (SSSR count). The molecule has 0 saturated carbocycles. The number of rotatable bonds is 4. The number of aryl methyl sites for hydroxylation is 1. The first-order valence-electron chi connectivity index (χ1n) is 6.67. The molecule has 1 aromatic heterocycles. The van der Waals surface area contributed by atoms with Crippen LogP contribution >= 0.6 is 11.3 Å². The molecule has 0 saturated heterocycles. The quantitative estimate of drug-likeness (QED) is 0.758. The van der Waals surface area contributed by atoms with Crippen LogP contribution in [-0.4, -0.2) is 18.2 Å². The second-order valence-corrected chi connectivity index (χ2v) is 5.85. The summed E-state index contributed by atoms with van der Waals surface area (Å²) in [4.78, 5) is 11.7. The average molecular weight is 314 g/mol. The lowest BCUT2D eigenvalue weighted by Gasteiger charge is -2.08. The fraction of sp³-hybridized carbons (Fsp3) is 0.118. The van der Waals surface area contributed by atoms with Gasteiger partial charge in [0.05, 0.1) is 7.11 Å². The van der Waals surface area contributed by atoms with Crippen molar-refractivity contribution in [1.82, 2.24) is 0 Å². The zero-order valence-electron chi connectivity index (χ0n) is 12.1. The Hall–Kier alpha value is -2.53. The van der Waals surface area contributed by atoms with Gasteiger partial charge in [0, 0.05) is 10.1 Å². The summed E-state index contributed by atoms with van der Waals surface area (Å²) < 4.78 is 12.0. The highest BCUT2D eigenvalue weighted by Gasteiger charge is 2.21. The molecule has 0 radical (unpaired) electrons. The Morgan fingerprint density at radius 1 is 1.18 bits per heavy atom. The molecule has 0 unspecified atom stereocenters. The molecule has 1 heterocycles. The second kappa shape index (κ2) is 5.69. The summed E-state index contributed by atoms with van der Waals surface area (Å²) in [6.45, 7) is 1.93. The van der Waals surface area contributed by atoms with Crippen LogP contribution in [0.15, 0.2) is 42.5 Å². The number of fused-ring (bicyclic) bond motifs is 1. The number of benzene rings is 2. The average Bonchev–Trinajstić information content (AvgIpc) is 2.85. The van der Waals surface area contributed by atoms with Crippen molar-refractivity contribution in [3.8, 4) is 17.2 Å². The molecule has 0 aliphatic heterocycles. The first-order valence-corrected chi connectivity index (χ1v) is 7.49. The first-order chi connectivity index (χ1) is 10.6. The molecule has 0 aliphatic rings. The maximum absolute atomic E-state index is 11.5. The van der Waals surface area contributed by atoms with Gasteiger partial charge in [-0.05, 0) is 36.8 Å². The van der Waals surface area contributed by atoms with E-state index in [9.17, 15) is 9.90 Å². The number of thiophene rings is 1. The van der Waals surface area contributed by atoms with Crippen LogP contribution in [0.4, 0.5) is 0 Å². The van der Waals surface area contributed by atoms with Gasteiger partial charge >= 0.3 is 5.97 Å². The van der Waals surface area contributed by atoms with Crippen molar-refractivity contribution in [2.45, 2.75) is 6.92 Å². The largest absolute Gasteiger partial charge is 0.496 e. The first kappa shape index (κ1) is 14.4. The molecular weight excluding hydrogens is 300 g/mol. The molecule has 0 aliphatic carbocycles. The van der Waals surface area contributed by atoms with Gasteiger partial charge in [-0.15, -0.1) is 11.3 Å². The van der Waals surface area contributed by atoms with Crippen LogP contribution < -0.4 is 9.47 Å². The van der Waals surface area contributed by atoms with E-state index in [4.69, 9.17) is 9.47 Å². The molecule has 0 fully saturated rings. The van der Waals surface area contributed by atoms with Crippen LogP contribution in [-0.2, 0) is 0 Å². The van der Waals surface area contributed by atoms with Crippen molar-refractivity contribution < 1.29 is 19.4 Å². The molecule has 5 heteroatoms. The minimum absolute atomic E-state index is 0.187. The van der Waals surface area contributed by atoms with Crippen LogP contribution in [0.5, 0.6) is 17.2 Å². The highest BCUT2D eigenvalue weighted by atomic mass is 32.1. The van der Waals surface area contributed by atoms with Crippen molar-refractivity contribution in [1.29, 1.82) is 0 Å². The van der Waals surface area contributed by atoms with Gasteiger partial charge in [0.2, 0.25) is 0 Å². The summed E-state index contributed by atoms with van der Waals surface area (Å²) in [6, 6.07) is 12.9. The lowest BCUT2D eigenvalue weighted by Crippen LogP contribution is -1.95. The van der Waals surface area contributed by atoms with Crippen molar-refractivity contribution in [2.24, 2.45) is 0 Å². The van der Waals surface area contributed by atoms with E-state index in [1.165, 1.54) is 11.3 Å². The molecule has 112 valence electrons. The number of carboxylic acid groups (broad SMARTS) is 1. The number of hydrogen-bond acceptors (Lipinski definition) is 4. The van der Waals surface area contributed by atoms with Gasteiger partial charge in [0.1, 0.15) is 11.5 Å². The second-order valence-electron chi connectivity index (χ2n) is 4.80. The number of methoxy groups -OCH3 is 1. The minimum atomic E-state index is -0.997. The van der Waals surface area contributed by atoms with E-state index in [1.54, 1.807) is 19.2 Å². The summed E-state index contributed by atoms with van der Waals surface area (Å²) in [5.74, 6) is 0.671. The van der Waals surface area contributed by atoms with Gasteiger partial charge < -0.3 is 14.6 Å². The van der Waals surface area contributed by atoms with Gasteiger partial charge in [-0.25, -0.2) is 4.79 Å². The topological polar surface area (TPSA) is 55.8 Å². The third-order valence-corrected chi connectivity index (χ3v) is 4.44. The maximum atomic E-state index is 11.5. The summed E-state index contributed by atoms with van der Waals surface area (Å²) in [5.41, 5.74) is 0.958. The van der Waals surface area contributed by atoms with E-state index < -0.39 is 5.97 Å². The highest BCUT2D eigenvalue weighted by Crippen LogP contribution is 2.42. The number of hydrogen-bond donors (Lipinski definition) is 1. The lowest BCUT2D eigenvalue weighted by atomic mass is 10.1. The fourth-order valence-corrected chi connectivity index (χ4v) is 3.32. The Morgan fingerprint density at radius 2 is 1.91 bits per heavy atom. The molecule has 3 aromatic rings. The highest BCUT2D eigenvalue weighted by molar-refractivity contribution is 7.21. The molecule has 0 amide bonds. The monoisotopic (exact) mass is 314 g/mol. The molecular formula is C17H14O4S. The van der Waals surface area contributed by atoms with E-state index in [-0.39, 0.29) is 4.88 Å². The Bertz CT molecular complexity index is 837.